The largest absolute Gasteiger partial charge is 0.359 e. The molecule has 0 unspecified atom stereocenters. The number of imidazole rings is 1. The summed E-state index contributed by atoms with van der Waals surface area (Å²) in [4.78, 5) is 4.03. The van der Waals surface area contributed by atoms with Crippen LogP contribution in [0.5, 0.6) is 0 Å². The van der Waals surface area contributed by atoms with Crippen molar-refractivity contribution in [2.24, 2.45) is 0 Å². The zero-order chi connectivity index (χ0) is 24.0. The van der Waals surface area contributed by atoms with E-state index >= 15 is 8.78 Å². The van der Waals surface area contributed by atoms with Crippen LogP contribution < -0.4 is 0 Å². The maximum absolute atomic E-state index is 15.3. The summed E-state index contributed by atoms with van der Waals surface area (Å²) < 4.78 is 71.4. The van der Waals surface area contributed by atoms with E-state index < -0.39 is 36.4 Å². The Labute approximate surface area is 193 Å². The van der Waals surface area contributed by atoms with Crippen LogP contribution in [0.15, 0.2) is 43.0 Å². The van der Waals surface area contributed by atoms with E-state index in [1.54, 1.807) is 29.1 Å². The monoisotopic (exact) mass is 471 g/mol. The van der Waals surface area contributed by atoms with E-state index in [0.29, 0.717) is 34.4 Å². The smallest absolute Gasteiger partial charge is 0.282 e. The van der Waals surface area contributed by atoms with Gasteiger partial charge in [0.05, 0.1) is 23.6 Å². The Hall–Kier alpha value is -3.22. The van der Waals surface area contributed by atoms with Crippen molar-refractivity contribution >= 4 is 0 Å². The van der Waals surface area contributed by atoms with Crippen LogP contribution in [0.2, 0.25) is 0 Å². The molecule has 0 N–H and O–H groups in total. The van der Waals surface area contributed by atoms with Crippen molar-refractivity contribution in [1.82, 2.24) is 9.55 Å². The van der Waals surface area contributed by atoms with E-state index in [1.807, 2.05) is 6.07 Å². The lowest BCUT2D eigenvalue weighted by Gasteiger charge is -2.31. The van der Waals surface area contributed by atoms with Gasteiger partial charge in [0.15, 0.2) is 6.10 Å². The molecule has 3 atom stereocenters. The molecule has 0 radical (unpaired) electrons. The zero-order valence-electron chi connectivity index (χ0n) is 18.3. The molecule has 0 saturated carbocycles. The molecule has 0 bridgehead atoms. The Morgan fingerprint density at radius 2 is 2.03 bits per heavy atom. The predicted molar refractivity (Wildman–Crippen MR) is 114 cm³/mol. The molecule has 0 fully saturated rings. The van der Waals surface area contributed by atoms with Crippen LogP contribution in [0, 0.1) is 17.1 Å². The highest BCUT2D eigenvalue weighted by molar-refractivity contribution is 5.60. The van der Waals surface area contributed by atoms with Crippen LogP contribution in [0.1, 0.15) is 64.4 Å². The van der Waals surface area contributed by atoms with Gasteiger partial charge >= 0.3 is 0 Å². The molecule has 34 heavy (non-hydrogen) atoms. The number of hydrogen-bond donors (Lipinski definition) is 0. The van der Waals surface area contributed by atoms with Crippen molar-refractivity contribution in [3.63, 3.8) is 0 Å². The third kappa shape index (κ3) is 3.58. The first kappa shape index (κ1) is 22.6. The number of alkyl halides is 3. The minimum absolute atomic E-state index is 0.0201. The summed E-state index contributed by atoms with van der Waals surface area (Å²) in [5, 5.41) is 9.65. The maximum atomic E-state index is 15.3. The van der Waals surface area contributed by atoms with Crippen molar-refractivity contribution in [2.75, 3.05) is 13.9 Å². The summed E-state index contributed by atoms with van der Waals surface area (Å²) in [6.45, 7) is -0.319. The fourth-order valence-corrected chi connectivity index (χ4v) is 5.30. The lowest BCUT2D eigenvalue weighted by molar-refractivity contribution is -0.169. The highest BCUT2D eigenvalue weighted by atomic mass is 19.3. The van der Waals surface area contributed by atoms with Crippen molar-refractivity contribution < 1.29 is 27.0 Å². The van der Waals surface area contributed by atoms with Crippen molar-refractivity contribution in [3.8, 4) is 11.8 Å². The number of benzene rings is 2. The Kier molecular flexibility index (Phi) is 5.66. The molecule has 2 aliphatic carbocycles. The highest BCUT2D eigenvalue weighted by Gasteiger charge is 2.51. The van der Waals surface area contributed by atoms with Crippen LogP contribution in [-0.4, -0.2) is 29.4 Å². The van der Waals surface area contributed by atoms with Gasteiger partial charge in [-0.3, -0.25) is 0 Å². The van der Waals surface area contributed by atoms with Crippen molar-refractivity contribution in [3.05, 3.63) is 82.2 Å². The minimum atomic E-state index is -3.22. The molecule has 5 nitrogen and oxygen atoms in total. The van der Waals surface area contributed by atoms with Crippen LogP contribution in [0.25, 0.3) is 5.69 Å². The summed E-state index contributed by atoms with van der Waals surface area (Å²) >= 11 is 0. The van der Waals surface area contributed by atoms with Gasteiger partial charge in [-0.1, -0.05) is 6.07 Å². The molecule has 9 heteroatoms. The van der Waals surface area contributed by atoms with Crippen LogP contribution in [0.4, 0.5) is 17.6 Å². The van der Waals surface area contributed by atoms with Gasteiger partial charge in [-0.05, 0) is 53.3 Å². The molecule has 176 valence electrons. The maximum Gasteiger partial charge on any atom is 0.282 e. The van der Waals surface area contributed by atoms with Gasteiger partial charge in [-0.15, -0.1) is 0 Å². The summed E-state index contributed by atoms with van der Waals surface area (Å²) in [7, 11) is 1.36. The Morgan fingerprint density at radius 3 is 2.74 bits per heavy atom. The fraction of sp³-hybridized carbons (Fsp3) is 0.360. The summed E-state index contributed by atoms with van der Waals surface area (Å²) in [6, 6.07) is 7.58. The van der Waals surface area contributed by atoms with Crippen LogP contribution >= 0.6 is 0 Å². The predicted octanol–water partition coefficient (Wildman–Crippen LogP) is 5.67. The molecule has 3 aromatic rings. The fourth-order valence-electron chi connectivity index (χ4n) is 5.30. The molecule has 1 aromatic heterocycles. The first-order valence-corrected chi connectivity index (χ1v) is 10.9. The molecule has 0 spiro atoms. The van der Waals surface area contributed by atoms with Crippen LogP contribution in [-0.2, 0) is 15.9 Å². The lowest BCUT2D eigenvalue weighted by atomic mass is 9.74. The first-order valence-electron chi connectivity index (χ1n) is 10.9. The molecule has 5 rings (SSSR count). The van der Waals surface area contributed by atoms with Gasteiger partial charge in [0, 0.05) is 37.4 Å². The number of aromatic nitrogens is 2. The van der Waals surface area contributed by atoms with Gasteiger partial charge in [0.1, 0.15) is 18.8 Å². The second-order valence-electron chi connectivity index (χ2n) is 8.59. The number of nitriles is 1. The summed E-state index contributed by atoms with van der Waals surface area (Å²) in [5.41, 5.74) is 2.25. The van der Waals surface area contributed by atoms with Gasteiger partial charge in [0.2, 0.25) is 0 Å². The second-order valence-corrected chi connectivity index (χ2v) is 8.59. The van der Waals surface area contributed by atoms with Crippen molar-refractivity contribution in [2.45, 2.75) is 43.4 Å². The second kappa shape index (κ2) is 8.53. The van der Waals surface area contributed by atoms with Crippen LogP contribution in [0.3, 0.4) is 0 Å². The molecule has 0 saturated heterocycles. The van der Waals surface area contributed by atoms with Gasteiger partial charge < -0.3 is 14.0 Å². The molecule has 0 amide bonds. The molecule has 0 aliphatic heterocycles. The molecule has 2 aliphatic rings. The highest BCUT2D eigenvalue weighted by Crippen LogP contribution is 2.53. The Morgan fingerprint density at radius 1 is 1.21 bits per heavy atom. The summed E-state index contributed by atoms with van der Waals surface area (Å²) in [5.74, 6) is -4.44. The first-order chi connectivity index (χ1) is 16.4. The molecular formula is C25H21F4N3O2. The van der Waals surface area contributed by atoms with E-state index in [1.165, 1.54) is 13.4 Å². The van der Waals surface area contributed by atoms with Gasteiger partial charge in [-0.2, -0.15) is 5.26 Å². The standard InChI is InChI=1S/C25H21F4N3O2/c1-33-13-34-24-23-19(10-25(24,28)29)16(3-5-21(23)32-7-6-31-12-32)17-2-4-20(27)18-9-15(26)8-14(11-30)22(17)18/h3,5-9,12,17,20,24H,2,4,10,13H2,1H3/t17-,20+,24+/m1/s1. The van der Waals surface area contributed by atoms with E-state index in [4.69, 9.17) is 9.47 Å². The van der Waals surface area contributed by atoms with E-state index in [0.717, 1.165) is 12.1 Å². The number of methoxy groups -OCH3 is 1. The number of halogens is 4. The lowest BCUT2D eigenvalue weighted by Crippen LogP contribution is -2.25. The normalized spacial score (nSPS) is 22.8. The molecular weight excluding hydrogens is 450 g/mol. The molecule has 2 aromatic carbocycles. The zero-order valence-corrected chi connectivity index (χ0v) is 18.3. The average Bonchev–Trinajstić information content (AvgIpc) is 3.43. The van der Waals surface area contributed by atoms with Crippen molar-refractivity contribution in [1.29, 1.82) is 5.26 Å². The van der Waals surface area contributed by atoms with E-state index in [9.17, 15) is 14.0 Å². The van der Waals surface area contributed by atoms with Gasteiger partial charge in [-0.25, -0.2) is 22.5 Å². The Bertz CT molecular complexity index is 1270. The molecule has 1 heterocycles. The number of nitrogens with zero attached hydrogens (tertiary/aromatic N) is 3. The number of fused-ring (bicyclic) bond motifs is 2. The Balaban J connectivity index is 1.73. The number of rotatable bonds is 5. The van der Waals surface area contributed by atoms with Gasteiger partial charge in [0.25, 0.3) is 5.92 Å². The minimum Gasteiger partial charge on any atom is -0.359 e. The van der Waals surface area contributed by atoms with E-state index in [-0.39, 0.29) is 24.3 Å². The summed E-state index contributed by atoms with van der Waals surface area (Å²) in [6.07, 6.45) is 1.56. The third-order valence-corrected chi connectivity index (χ3v) is 6.63. The SMILES string of the molecule is COCO[C@H]1c2c(-n3ccnc3)ccc([C@H]3CC[C@H](F)c4cc(F)cc(C#N)c43)c2CC1(F)F. The number of hydrogen-bond acceptors (Lipinski definition) is 4. The third-order valence-electron chi connectivity index (χ3n) is 6.63. The quantitative estimate of drug-likeness (QED) is 0.355. The number of ether oxygens (including phenoxy) is 2. The van der Waals surface area contributed by atoms with E-state index in [2.05, 4.69) is 4.98 Å². The average molecular weight is 471 g/mol. The topological polar surface area (TPSA) is 60.1 Å².